The number of ether oxygens (including phenoxy) is 1. The van der Waals surface area contributed by atoms with Crippen molar-refractivity contribution in [3.05, 3.63) is 48.2 Å². The summed E-state index contributed by atoms with van der Waals surface area (Å²) in [5.74, 6) is -0.596. The molecule has 1 aromatic heterocycles. The molecule has 0 atom stereocenters. The lowest BCUT2D eigenvalue weighted by Gasteiger charge is -2.08. The Labute approximate surface area is 104 Å². The number of phenolic OH excluding ortho intramolecular Hbond substituents is 1. The Morgan fingerprint density at radius 2 is 2.06 bits per heavy atom. The van der Waals surface area contributed by atoms with Crippen LogP contribution in [0.1, 0.15) is 10.4 Å². The first-order chi connectivity index (χ1) is 8.72. The van der Waals surface area contributed by atoms with Crippen LogP contribution in [0.2, 0.25) is 0 Å². The average molecular weight is 244 g/mol. The molecular weight excluding hydrogens is 232 g/mol. The van der Waals surface area contributed by atoms with Gasteiger partial charge in [0.05, 0.1) is 5.69 Å². The van der Waals surface area contributed by atoms with E-state index < -0.39 is 5.97 Å². The highest BCUT2D eigenvalue weighted by Crippen LogP contribution is 2.23. The molecular formula is C13H12N2O3. The molecule has 0 saturated heterocycles. The largest absolute Gasteiger partial charge is 0.507 e. The van der Waals surface area contributed by atoms with E-state index in [9.17, 15) is 9.90 Å². The first-order valence-corrected chi connectivity index (χ1v) is 5.35. The third-order valence-corrected chi connectivity index (χ3v) is 2.35. The Kier molecular flexibility index (Phi) is 3.43. The first kappa shape index (κ1) is 11.9. The highest BCUT2D eigenvalue weighted by molar-refractivity contribution is 5.94. The number of pyridine rings is 1. The monoisotopic (exact) mass is 244 g/mol. The summed E-state index contributed by atoms with van der Waals surface area (Å²) in [6.07, 6.45) is 1.52. The molecule has 0 aliphatic carbocycles. The second kappa shape index (κ2) is 5.18. The van der Waals surface area contributed by atoms with Crippen LogP contribution >= 0.6 is 0 Å². The van der Waals surface area contributed by atoms with Gasteiger partial charge in [0.2, 0.25) is 5.88 Å². The van der Waals surface area contributed by atoms with Gasteiger partial charge >= 0.3 is 5.97 Å². The van der Waals surface area contributed by atoms with E-state index >= 15 is 0 Å². The van der Waals surface area contributed by atoms with Gasteiger partial charge in [-0.1, -0.05) is 12.1 Å². The fourth-order valence-corrected chi connectivity index (χ4v) is 1.45. The molecule has 0 unspecified atom stereocenters. The molecule has 2 rings (SSSR count). The number of rotatable bonds is 3. The molecule has 0 fully saturated rings. The zero-order valence-corrected chi connectivity index (χ0v) is 9.75. The van der Waals surface area contributed by atoms with E-state index in [4.69, 9.17) is 4.74 Å². The Bertz CT molecular complexity index is 570. The molecule has 18 heavy (non-hydrogen) atoms. The van der Waals surface area contributed by atoms with E-state index in [0.717, 1.165) is 0 Å². The summed E-state index contributed by atoms with van der Waals surface area (Å²) in [6.45, 7) is 0. The average Bonchev–Trinajstić information content (AvgIpc) is 2.39. The predicted molar refractivity (Wildman–Crippen MR) is 66.8 cm³/mol. The third-order valence-electron chi connectivity index (χ3n) is 2.35. The van der Waals surface area contributed by atoms with Crippen molar-refractivity contribution in [1.29, 1.82) is 0 Å². The van der Waals surface area contributed by atoms with Crippen molar-refractivity contribution < 1.29 is 14.6 Å². The van der Waals surface area contributed by atoms with E-state index in [0.29, 0.717) is 5.69 Å². The van der Waals surface area contributed by atoms with Gasteiger partial charge < -0.3 is 15.2 Å². The van der Waals surface area contributed by atoms with Crippen LogP contribution in [-0.2, 0) is 0 Å². The van der Waals surface area contributed by atoms with Crippen molar-refractivity contribution in [3.63, 3.8) is 0 Å². The van der Waals surface area contributed by atoms with Gasteiger partial charge in [-0.05, 0) is 24.3 Å². The van der Waals surface area contributed by atoms with Crippen LogP contribution in [0.5, 0.6) is 11.6 Å². The summed E-state index contributed by atoms with van der Waals surface area (Å²) in [5, 5.41) is 12.4. The smallest absolute Gasteiger partial charge is 0.348 e. The lowest BCUT2D eigenvalue weighted by atomic mass is 10.2. The number of carbonyl (C=O) groups excluding carboxylic acids is 1. The lowest BCUT2D eigenvalue weighted by Crippen LogP contribution is -2.11. The number of aromatic nitrogens is 1. The quantitative estimate of drug-likeness (QED) is 0.808. The molecule has 0 radical (unpaired) electrons. The van der Waals surface area contributed by atoms with Crippen molar-refractivity contribution in [2.45, 2.75) is 0 Å². The SMILES string of the molecule is CNc1cccnc1OC(=O)c1ccccc1O. The number of nitrogens with one attached hydrogen (secondary N) is 1. The summed E-state index contributed by atoms with van der Waals surface area (Å²) < 4.78 is 5.13. The van der Waals surface area contributed by atoms with Gasteiger partial charge in [-0.15, -0.1) is 0 Å². The number of carbonyl (C=O) groups is 1. The molecule has 0 aliphatic rings. The van der Waals surface area contributed by atoms with Gasteiger partial charge in [-0.3, -0.25) is 0 Å². The van der Waals surface area contributed by atoms with E-state index in [2.05, 4.69) is 10.3 Å². The van der Waals surface area contributed by atoms with Gasteiger partial charge in [-0.25, -0.2) is 9.78 Å². The van der Waals surface area contributed by atoms with Crippen molar-refractivity contribution in [3.8, 4) is 11.6 Å². The lowest BCUT2D eigenvalue weighted by molar-refractivity contribution is 0.0725. The van der Waals surface area contributed by atoms with Gasteiger partial charge in [0.25, 0.3) is 0 Å². The molecule has 0 bridgehead atoms. The summed E-state index contributed by atoms with van der Waals surface area (Å²) in [4.78, 5) is 15.8. The molecule has 0 aliphatic heterocycles. The number of esters is 1. The summed E-state index contributed by atoms with van der Waals surface area (Å²) in [7, 11) is 1.70. The normalized spacial score (nSPS) is 9.83. The van der Waals surface area contributed by atoms with Crippen LogP contribution in [0.15, 0.2) is 42.6 Å². The highest BCUT2D eigenvalue weighted by atomic mass is 16.5. The Hall–Kier alpha value is -2.56. The number of para-hydroxylation sites is 1. The first-order valence-electron chi connectivity index (χ1n) is 5.35. The fourth-order valence-electron chi connectivity index (χ4n) is 1.45. The molecule has 2 N–H and O–H groups in total. The van der Waals surface area contributed by atoms with Gasteiger partial charge in [-0.2, -0.15) is 0 Å². The maximum atomic E-state index is 11.9. The van der Waals surface area contributed by atoms with E-state index in [-0.39, 0.29) is 17.2 Å². The van der Waals surface area contributed by atoms with Crippen LogP contribution in [0, 0.1) is 0 Å². The number of hydrogen-bond acceptors (Lipinski definition) is 5. The van der Waals surface area contributed by atoms with Crippen LogP contribution in [0.3, 0.4) is 0 Å². The van der Waals surface area contributed by atoms with Gasteiger partial charge in [0.15, 0.2) is 0 Å². The van der Waals surface area contributed by atoms with E-state index in [1.807, 2.05) is 0 Å². The fraction of sp³-hybridized carbons (Fsp3) is 0.0769. The molecule has 0 saturated carbocycles. The second-order valence-corrected chi connectivity index (χ2v) is 3.51. The predicted octanol–water partition coefficient (Wildman–Crippen LogP) is 2.05. The van der Waals surface area contributed by atoms with Crippen LogP contribution in [-0.4, -0.2) is 23.1 Å². The zero-order valence-electron chi connectivity index (χ0n) is 9.75. The van der Waals surface area contributed by atoms with Crippen molar-refractivity contribution >= 4 is 11.7 Å². The number of phenols is 1. The minimum absolute atomic E-state index is 0.102. The van der Waals surface area contributed by atoms with Gasteiger partial charge in [0, 0.05) is 13.2 Å². The molecule has 0 spiro atoms. The van der Waals surface area contributed by atoms with Crippen LogP contribution < -0.4 is 10.1 Å². The molecule has 1 heterocycles. The van der Waals surface area contributed by atoms with Crippen molar-refractivity contribution in [2.24, 2.45) is 0 Å². The minimum Gasteiger partial charge on any atom is -0.507 e. The Morgan fingerprint density at radius 3 is 2.78 bits per heavy atom. The van der Waals surface area contributed by atoms with Crippen molar-refractivity contribution in [2.75, 3.05) is 12.4 Å². The molecule has 92 valence electrons. The van der Waals surface area contributed by atoms with E-state index in [1.165, 1.54) is 18.3 Å². The van der Waals surface area contributed by atoms with Crippen molar-refractivity contribution in [1.82, 2.24) is 4.98 Å². The number of benzene rings is 1. The number of hydrogen-bond donors (Lipinski definition) is 2. The van der Waals surface area contributed by atoms with Crippen LogP contribution in [0.4, 0.5) is 5.69 Å². The summed E-state index contributed by atoms with van der Waals surface area (Å²) in [5.41, 5.74) is 0.700. The minimum atomic E-state index is -0.650. The number of anilines is 1. The zero-order chi connectivity index (χ0) is 13.0. The summed E-state index contributed by atoms with van der Waals surface area (Å²) in [6, 6.07) is 9.65. The maximum absolute atomic E-state index is 11.9. The van der Waals surface area contributed by atoms with Crippen LogP contribution in [0.25, 0.3) is 0 Å². The summed E-state index contributed by atoms with van der Waals surface area (Å²) >= 11 is 0. The topological polar surface area (TPSA) is 71.5 Å². The maximum Gasteiger partial charge on any atom is 0.348 e. The Morgan fingerprint density at radius 1 is 1.28 bits per heavy atom. The second-order valence-electron chi connectivity index (χ2n) is 3.51. The number of nitrogens with zero attached hydrogens (tertiary/aromatic N) is 1. The molecule has 1 aromatic carbocycles. The Balaban J connectivity index is 2.24. The molecule has 2 aromatic rings. The molecule has 5 nitrogen and oxygen atoms in total. The van der Waals surface area contributed by atoms with Gasteiger partial charge in [0.1, 0.15) is 11.3 Å². The molecule has 0 amide bonds. The number of aromatic hydroxyl groups is 1. The molecule has 5 heteroatoms. The standard InChI is InChI=1S/C13H12N2O3/c1-14-10-6-4-8-15-12(10)18-13(17)9-5-2-3-7-11(9)16/h2-8,14,16H,1H3. The van der Waals surface area contributed by atoms with E-state index in [1.54, 1.807) is 31.3 Å². The third kappa shape index (κ3) is 2.40. The highest BCUT2D eigenvalue weighted by Gasteiger charge is 2.15.